The monoisotopic (exact) mass is 447 g/mol. The van der Waals surface area contributed by atoms with Crippen LogP contribution in [-0.4, -0.2) is 4.98 Å². The van der Waals surface area contributed by atoms with E-state index in [1.165, 1.54) is 25.6 Å². The number of nitrogens with zero attached hydrogens (tertiary/aromatic N) is 1. The van der Waals surface area contributed by atoms with E-state index in [1.54, 1.807) is 22.7 Å². The predicted molar refractivity (Wildman–Crippen MR) is 76.1 cm³/mol. The van der Waals surface area contributed by atoms with E-state index < -0.39 is 0 Å². The zero-order valence-corrected chi connectivity index (χ0v) is 13.5. The van der Waals surface area contributed by atoms with Crippen molar-refractivity contribution >= 4 is 53.7 Å². The Morgan fingerprint density at radius 1 is 1.11 bits per heavy atom. The number of thiophene rings is 1. The van der Waals surface area contributed by atoms with Gasteiger partial charge in [-0.3, -0.25) is 0 Å². The molecule has 2 aromatic carbocycles. The molecule has 0 aliphatic heterocycles. The van der Waals surface area contributed by atoms with Gasteiger partial charge in [-0.15, -0.1) is 16.7 Å². The summed E-state index contributed by atoms with van der Waals surface area (Å²) in [5, 5.41) is 6.97. The van der Waals surface area contributed by atoms with E-state index in [1.807, 2.05) is 5.38 Å². The maximum Gasteiger partial charge on any atom is 0.0752 e. The molecule has 1 nitrogen and oxygen atoms in total. The van der Waals surface area contributed by atoms with Gasteiger partial charge in [0.25, 0.3) is 0 Å². The molecule has 0 fully saturated rings. The Morgan fingerprint density at radius 2 is 1.83 bits per heavy atom. The average Bonchev–Trinajstić information content (AvgIpc) is 2.94. The van der Waals surface area contributed by atoms with E-state index in [0.717, 1.165) is 10.5 Å². The van der Waals surface area contributed by atoms with E-state index >= 15 is 0 Å². The fourth-order valence-electron chi connectivity index (χ4n) is 2.30. The number of fused-ring (bicyclic) bond motifs is 6. The first-order valence-corrected chi connectivity index (χ1v) is 7.11. The maximum atomic E-state index is 4.66. The largest absolute Gasteiger partial charge is 0.306 e. The number of rotatable bonds is 0. The van der Waals surface area contributed by atoms with Crippen molar-refractivity contribution in [2.45, 2.75) is 6.92 Å². The van der Waals surface area contributed by atoms with Crippen LogP contribution in [0.5, 0.6) is 0 Å². The third-order valence-corrected chi connectivity index (χ3v) is 4.89. The zero-order chi connectivity index (χ0) is 11.4. The maximum absolute atomic E-state index is 4.66. The van der Waals surface area contributed by atoms with Crippen LogP contribution in [0.4, 0.5) is 0 Å². The molecule has 4 rings (SSSR count). The van der Waals surface area contributed by atoms with Crippen LogP contribution in [0, 0.1) is 13.0 Å². The van der Waals surface area contributed by atoms with E-state index in [2.05, 4.69) is 42.2 Å². The number of thiazole rings is 1. The molecule has 0 aliphatic carbocycles. The van der Waals surface area contributed by atoms with Gasteiger partial charge < -0.3 is 4.98 Å². The first kappa shape index (κ1) is 12.2. The van der Waals surface area contributed by atoms with Gasteiger partial charge in [-0.2, -0.15) is 6.07 Å². The van der Waals surface area contributed by atoms with Gasteiger partial charge >= 0.3 is 0 Å². The van der Waals surface area contributed by atoms with Gasteiger partial charge in [0, 0.05) is 24.8 Å². The average molecular weight is 447 g/mol. The molecule has 91 valence electrons. The Labute approximate surface area is 126 Å². The number of aromatic nitrogens is 1. The van der Waals surface area contributed by atoms with Crippen LogP contribution >= 0.6 is 22.7 Å². The Hall–Kier alpha value is -0.801. The van der Waals surface area contributed by atoms with E-state index in [-0.39, 0.29) is 20.1 Å². The van der Waals surface area contributed by atoms with Crippen LogP contribution in [0.2, 0.25) is 0 Å². The topological polar surface area (TPSA) is 12.9 Å². The predicted octanol–water partition coefficient (Wildman–Crippen LogP) is 4.77. The molecule has 0 unspecified atom stereocenters. The fraction of sp³-hybridized carbons (Fsp3) is 0.0714. The first-order chi connectivity index (χ1) is 8.34. The number of hydrogen-bond acceptors (Lipinski definition) is 3. The minimum Gasteiger partial charge on any atom is -0.306 e. The number of hydrogen-bond donors (Lipinski definition) is 0. The molecule has 0 N–H and O–H groups in total. The molecule has 4 heteroatoms. The molecule has 0 bridgehead atoms. The van der Waals surface area contributed by atoms with Gasteiger partial charge in [-0.05, 0) is 17.8 Å². The van der Waals surface area contributed by atoms with Gasteiger partial charge in [0.15, 0.2) is 0 Å². The first-order valence-electron chi connectivity index (χ1n) is 5.41. The minimum atomic E-state index is 0. The third kappa shape index (κ3) is 1.57. The summed E-state index contributed by atoms with van der Waals surface area (Å²) < 4.78 is 2.60. The Morgan fingerprint density at radius 3 is 2.61 bits per heavy atom. The van der Waals surface area contributed by atoms with Gasteiger partial charge in [-0.1, -0.05) is 39.7 Å². The van der Waals surface area contributed by atoms with Crippen molar-refractivity contribution in [3.8, 4) is 0 Å². The van der Waals surface area contributed by atoms with Crippen molar-refractivity contribution in [1.29, 1.82) is 0 Å². The summed E-state index contributed by atoms with van der Waals surface area (Å²) >= 11 is 3.52. The van der Waals surface area contributed by atoms with E-state index in [4.69, 9.17) is 0 Å². The second kappa shape index (κ2) is 4.39. The van der Waals surface area contributed by atoms with Gasteiger partial charge in [0.1, 0.15) is 0 Å². The van der Waals surface area contributed by atoms with Crippen LogP contribution in [0.25, 0.3) is 31.1 Å². The molecule has 0 saturated heterocycles. The normalized spacial score (nSPS) is 11.2. The second-order valence-corrected chi connectivity index (χ2v) is 6.12. The summed E-state index contributed by atoms with van der Waals surface area (Å²) in [6, 6.07) is 11.9. The van der Waals surface area contributed by atoms with Gasteiger partial charge in [-0.25, -0.2) is 11.3 Å². The summed E-state index contributed by atoms with van der Waals surface area (Å²) in [4.78, 5) is 4.66. The Bertz CT molecular complexity index is 860. The van der Waals surface area contributed by atoms with E-state index in [0.29, 0.717) is 0 Å². The Kier molecular flexibility index (Phi) is 2.99. The van der Waals surface area contributed by atoms with Crippen molar-refractivity contribution in [1.82, 2.24) is 4.98 Å². The smallest absolute Gasteiger partial charge is 0.0752 e. The fourth-order valence-corrected chi connectivity index (χ4v) is 4.14. The third-order valence-electron chi connectivity index (χ3n) is 2.99. The molecular formula is C14H8IrNS2-. The van der Waals surface area contributed by atoms with Crippen LogP contribution in [-0.2, 0) is 20.1 Å². The molecule has 4 aromatic rings. The zero-order valence-electron chi connectivity index (χ0n) is 9.48. The molecule has 0 aliphatic rings. The van der Waals surface area contributed by atoms with Crippen molar-refractivity contribution < 1.29 is 20.1 Å². The SMILES string of the molecule is Cc1nc2c3[c-]csc3c3ccccc3c2s1.[Ir]. The van der Waals surface area contributed by atoms with Crippen LogP contribution in [0.15, 0.2) is 29.6 Å². The Balaban J connectivity index is 0.000001000. The molecule has 0 atom stereocenters. The summed E-state index contributed by atoms with van der Waals surface area (Å²) in [6.45, 7) is 2.07. The molecule has 1 radical (unpaired) electrons. The van der Waals surface area contributed by atoms with Crippen molar-refractivity contribution in [3.05, 3.63) is 40.7 Å². The molecule has 0 spiro atoms. The molecule has 0 amide bonds. The molecule has 2 heterocycles. The van der Waals surface area contributed by atoms with E-state index in [9.17, 15) is 0 Å². The molecular weight excluding hydrogens is 439 g/mol. The van der Waals surface area contributed by atoms with Crippen molar-refractivity contribution in [3.63, 3.8) is 0 Å². The van der Waals surface area contributed by atoms with Crippen molar-refractivity contribution in [2.75, 3.05) is 0 Å². The summed E-state index contributed by atoms with van der Waals surface area (Å²) in [5.41, 5.74) is 1.11. The number of benzene rings is 2. The second-order valence-electron chi connectivity index (χ2n) is 4.04. The summed E-state index contributed by atoms with van der Waals surface area (Å²) in [7, 11) is 0. The quantitative estimate of drug-likeness (QED) is 0.355. The number of aryl methyl sites for hydroxylation is 1. The van der Waals surface area contributed by atoms with Crippen LogP contribution in [0.1, 0.15) is 5.01 Å². The van der Waals surface area contributed by atoms with Crippen molar-refractivity contribution in [2.24, 2.45) is 0 Å². The minimum absolute atomic E-state index is 0. The molecule has 0 saturated carbocycles. The van der Waals surface area contributed by atoms with Gasteiger partial charge in [0.2, 0.25) is 0 Å². The standard InChI is InChI=1S/C14H8NS2.Ir/c1-8-15-12-11-6-7-16-13(11)9-4-2-3-5-10(9)14(12)17-8;/h2-5,7H,1H3;/q-1;. The van der Waals surface area contributed by atoms with Crippen LogP contribution in [0.3, 0.4) is 0 Å². The van der Waals surface area contributed by atoms with Gasteiger partial charge in [0.05, 0.1) is 5.01 Å². The molecule has 2 aromatic heterocycles. The molecule has 18 heavy (non-hydrogen) atoms. The summed E-state index contributed by atoms with van der Waals surface area (Å²) in [6.07, 6.45) is 0. The van der Waals surface area contributed by atoms with Crippen LogP contribution < -0.4 is 0 Å². The summed E-state index contributed by atoms with van der Waals surface area (Å²) in [5.74, 6) is 0.